The number of benzene rings is 4. The molecule has 1 heterocycles. The van der Waals surface area contributed by atoms with Crippen molar-refractivity contribution in [3.63, 3.8) is 0 Å². The zero-order valence-electron chi connectivity index (χ0n) is 21.9. The second-order valence-corrected chi connectivity index (χ2v) is 11.0. The second kappa shape index (κ2) is 12.6. The van der Waals surface area contributed by atoms with Gasteiger partial charge in [0.1, 0.15) is 12.4 Å². The number of carbonyl (C=O) groups excluding carboxylic acids is 1. The van der Waals surface area contributed by atoms with Gasteiger partial charge < -0.3 is 9.47 Å². The van der Waals surface area contributed by atoms with Gasteiger partial charge in [0.2, 0.25) is 0 Å². The third-order valence-electron chi connectivity index (χ3n) is 6.19. The van der Waals surface area contributed by atoms with Crippen molar-refractivity contribution in [2.24, 2.45) is 4.99 Å². The molecule has 4 aromatic rings. The van der Waals surface area contributed by atoms with Crippen molar-refractivity contribution in [3.8, 4) is 11.5 Å². The van der Waals surface area contributed by atoms with Crippen LogP contribution in [0.25, 0.3) is 6.08 Å². The monoisotopic (exact) mass is 588 g/mol. The van der Waals surface area contributed by atoms with Gasteiger partial charge in [-0.15, -0.1) is 0 Å². The number of methoxy groups -OCH3 is 1. The van der Waals surface area contributed by atoms with Gasteiger partial charge >= 0.3 is 0 Å². The molecule has 0 unspecified atom stereocenters. The number of hydrogen-bond acceptors (Lipinski definition) is 5. The van der Waals surface area contributed by atoms with Crippen LogP contribution in [0.15, 0.2) is 101 Å². The van der Waals surface area contributed by atoms with Gasteiger partial charge in [0.25, 0.3) is 5.91 Å². The normalized spacial score (nSPS) is 15.2. The van der Waals surface area contributed by atoms with Crippen molar-refractivity contribution in [2.75, 3.05) is 7.11 Å². The summed E-state index contributed by atoms with van der Waals surface area (Å²) in [6.45, 7) is 2.74. The third-order valence-corrected chi connectivity index (χ3v) is 7.76. The van der Waals surface area contributed by atoms with Crippen LogP contribution in [0.5, 0.6) is 11.5 Å². The molecular weight excluding hydrogens is 563 g/mol. The molecule has 202 valence electrons. The number of hydrogen-bond donors (Lipinski definition) is 0. The summed E-state index contributed by atoms with van der Waals surface area (Å²) in [6, 6.07) is 28.8. The van der Waals surface area contributed by atoms with Crippen LogP contribution in [-0.4, -0.2) is 23.1 Å². The Morgan fingerprint density at radius 2 is 1.55 bits per heavy atom. The molecule has 8 heteroatoms. The molecule has 0 radical (unpaired) electrons. The number of aryl methyl sites for hydroxylation is 1. The Bertz CT molecular complexity index is 1550. The second-order valence-electron chi connectivity index (χ2n) is 9.17. The van der Waals surface area contributed by atoms with Gasteiger partial charge in [0.05, 0.1) is 34.3 Å². The van der Waals surface area contributed by atoms with E-state index in [1.807, 2.05) is 85.8 Å². The summed E-state index contributed by atoms with van der Waals surface area (Å²) in [5.41, 5.74) is 4.60. The first-order valence-corrected chi connectivity index (χ1v) is 14.1. The molecule has 0 spiro atoms. The minimum Gasteiger partial charge on any atom is -0.497 e. The summed E-state index contributed by atoms with van der Waals surface area (Å²) in [6.07, 6.45) is 1.78. The molecule has 5 nitrogen and oxygen atoms in total. The van der Waals surface area contributed by atoms with Crippen LogP contribution >= 0.6 is 35.0 Å². The lowest BCUT2D eigenvalue weighted by molar-refractivity contribution is -0.122. The fourth-order valence-corrected chi connectivity index (χ4v) is 5.66. The van der Waals surface area contributed by atoms with Crippen molar-refractivity contribution >= 4 is 57.8 Å². The molecule has 0 N–H and O–H groups in total. The highest BCUT2D eigenvalue weighted by molar-refractivity contribution is 8.18. The first-order valence-electron chi connectivity index (χ1n) is 12.5. The standard InChI is InChI=1S/C32H26Cl2N2O3S/c1-21-8-10-23(11-9-21)20-39-30-27(33)16-24(17-28(30)34)18-29-31(37)36(19-22-12-14-26(38-2)15-13-22)32(40-29)35-25-6-4-3-5-7-25/h3-18H,19-20H2,1-2H3/b29-18-,35-32?. The summed E-state index contributed by atoms with van der Waals surface area (Å²) >= 11 is 14.5. The van der Waals surface area contributed by atoms with E-state index in [9.17, 15) is 4.79 Å². The maximum absolute atomic E-state index is 13.6. The first-order chi connectivity index (χ1) is 19.4. The van der Waals surface area contributed by atoms with Crippen LogP contribution in [0.2, 0.25) is 10.0 Å². The molecule has 1 aliphatic heterocycles. The summed E-state index contributed by atoms with van der Waals surface area (Å²) in [5.74, 6) is 1.01. The Morgan fingerprint density at radius 3 is 2.20 bits per heavy atom. The number of amides is 1. The van der Waals surface area contributed by atoms with Crippen molar-refractivity contribution in [3.05, 3.63) is 128 Å². The van der Waals surface area contributed by atoms with Gasteiger partial charge in [-0.3, -0.25) is 9.69 Å². The molecule has 0 bridgehead atoms. The van der Waals surface area contributed by atoms with Crippen LogP contribution in [0.3, 0.4) is 0 Å². The molecular formula is C32H26Cl2N2O3S. The van der Waals surface area contributed by atoms with E-state index in [2.05, 4.69) is 0 Å². The molecule has 5 rings (SSSR count). The van der Waals surface area contributed by atoms with Crippen LogP contribution in [0.4, 0.5) is 5.69 Å². The van der Waals surface area contributed by atoms with Gasteiger partial charge in [-0.2, -0.15) is 0 Å². The lowest BCUT2D eigenvalue weighted by atomic mass is 10.1. The molecule has 0 aromatic heterocycles. The molecule has 0 saturated carbocycles. The lowest BCUT2D eigenvalue weighted by Gasteiger charge is -2.16. The number of thioether (sulfide) groups is 1. The maximum atomic E-state index is 13.6. The fraction of sp³-hybridized carbons (Fsp3) is 0.125. The highest BCUT2D eigenvalue weighted by atomic mass is 35.5. The molecule has 40 heavy (non-hydrogen) atoms. The number of nitrogens with zero attached hydrogens (tertiary/aromatic N) is 2. The highest BCUT2D eigenvalue weighted by Crippen LogP contribution is 2.39. The number of carbonyl (C=O) groups is 1. The number of ether oxygens (including phenoxy) is 2. The maximum Gasteiger partial charge on any atom is 0.267 e. The zero-order valence-corrected chi connectivity index (χ0v) is 24.3. The Labute approximate surface area is 248 Å². The number of amidine groups is 1. The van der Waals surface area contributed by atoms with Crippen molar-refractivity contribution < 1.29 is 14.3 Å². The smallest absolute Gasteiger partial charge is 0.267 e. The SMILES string of the molecule is COc1ccc(CN2C(=O)/C(=C/c3cc(Cl)c(OCc4ccc(C)cc4)c(Cl)c3)SC2=Nc2ccccc2)cc1. The molecule has 4 aromatic carbocycles. The Morgan fingerprint density at radius 1 is 0.900 bits per heavy atom. The summed E-state index contributed by atoms with van der Waals surface area (Å²) in [5, 5.41) is 1.33. The van der Waals surface area contributed by atoms with Gasteiger partial charge in [0.15, 0.2) is 10.9 Å². The van der Waals surface area contributed by atoms with Crippen LogP contribution in [0.1, 0.15) is 22.3 Å². The summed E-state index contributed by atoms with van der Waals surface area (Å²) in [7, 11) is 1.62. The average molecular weight is 590 g/mol. The van der Waals surface area contributed by atoms with Crippen molar-refractivity contribution in [2.45, 2.75) is 20.1 Å². The average Bonchev–Trinajstić information content (AvgIpc) is 3.23. The number of para-hydroxylation sites is 1. The molecule has 1 saturated heterocycles. The summed E-state index contributed by atoms with van der Waals surface area (Å²) < 4.78 is 11.2. The van der Waals surface area contributed by atoms with E-state index in [4.69, 9.17) is 37.7 Å². The minimum absolute atomic E-state index is 0.151. The third kappa shape index (κ3) is 6.70. The van der Waals surface area contributed by atoms with E-state index in [1.54, 1.807) is 30.2 Å². The van der Waals surface area contributed by atoms with Gasteiger partial charge in [-0.05, 0) is 77.9 Å². The Balaban J connectivity index is 1.40. The van der Waals surface area contributed by atoms with E-state index < -0.39 is 0 Å². The van der Waals surface area contributed by atoms with Crippen LogP contribution < -0.4 is 9.47 Å². The summed E-state index contributed by atoms with van der Waals surface area (Å²) in [4.78, 5) is 20.6. The molecule has 1 aliphatic rings. The van der Waals surface area contributed by atoms with E-state index in [0.29, 0.717) is 44.6 Å². The first kappa shape index (κ1) is 27.8. The quantitative estimate of drug-likeness (QED) is 0.193. The van der Waals surface area contributed by atoms with Crippen molar-refractivity contribution in [1.29, 1.82) is 0 Å². The van der Waals surface area contributed by atoms with Gasteiger partial charge in [0, 0.05) is 0 Å². The predicted octanol–water partition coefficient (Wildman–Crippen LogP) is 8.69. The number of halogens is 2. The molecule has 0 atom stereocenters. The number of aliphatic imine (C=N–C) groups is 1. The largest absolute Gasteiger partial charge is 0.497 e. The predicted molar refractivity (Wildman–Crippen MR) is 165 cm³/mol. The highest BCUT2D eigenvalue weighted by Gasteiger charge is 2.33. The molecule has 0 aliphatic carbocycles. The fourth-order valence-electron chi connectivity index (χ4n) is 4.05. The van der Waals surface area contributed by atoms with Crippen LogP contribution in [0, 0.1) is 6.92 Å². The molecule has 1 amide bonds. The topological polar surface area (TPSA) is 51.1 Å². The van der Waals surface area contributed by atoms with E-state index >= 15 is 0 Å². The van der Waals surface area contributed by atoms with E-state index in [1.165, 1.54) is 17.3 Å². The molecule has 1 fully saturated rings. The van der Waals surface area contributed by atoms with Crippen molar-refractivity contribution in [1.82, 2.24) is 4.90 Å². The minimum atomic E-state index is -0.151. The number of rotatable bonds is 8. The Hall–Kier alpha value is -3.71. The van der Waals surface area contributed by atoms with E-state index in [-0.39, 0.29) is 5.91 Å². The van der Waals surface area contributed by atoms with E-state index in [0.717, 1.165) is 22.6 Å². The van der Waals surface area contributed by atoms with Gasteiger partial charge in [-0.1, -0.05) is 83.4 Å². The van der Waals surface area contributed by atoms with Crippen LogP contribution in [-0.2, 0) is 17.9 Å². The Kier molecular flexibility index (Phi) is 8.80. The lowest BCUT2D eigenvalue weighted by Crippen LogP contribution is -2.28. The van der Waals surface area contributed by atoms with Gasteiger partial charge in [-0.25, -0.2) is 4.99 Å². The zero-order chi connectivity index (χ0) is 28.1.